The number of hydrogen-bond donors (Lipinski definition) is 1. The van der Waals surface area contributed by atoms with E-state index in [4.69, 9.17) is 5.73 Å². The minimum Gasteiger partial charge on any atom is -0.399 e. The Hall–Kier alpha value is -1.96. The Morgan fingerprint density at radius 3 is 2.35 bits per heavy atom. The molecule has 0 saturated heterocycles. The van der Waals surface area contributed by atoms with Crippen molar-refractivity contribution in [3.63, 3.8) is 0 Å². The minimum atomic E-state index is 0.825. The number of nitrogen functional groups attached to an aromatic ring is 1. The lowest BCUT2D eigenvalue weighted by Gasteiger charge is -2.30. The predicted molar refractivity (Wildman–Crippen MR) is 72.1 cm³/mol. The number of benzene rings is 2. The molecule has 2 aromatic rings. The summed E-state index contributed by atoms with van der Waals surface area (Å²) in [5, 5.41) is 0. The molecule has 2 heteroatoms. The Balaban J connectivity index is 1.86. The highest BCUT2D eigenvalue weighted by atomic mass is 15.1. The van der Waals surface area contributed by atoms with E-state index in [9.17, 15) is 0 Å². The predicted octanol–water partition coefficient (Wildman–Crippen LogP) is 2.83. The van der Waals surface area contributed by atoms with Gasteiger partial charge in [0.05, 0.1) is 0 Å². The van der Waals surface area contributed by atoms with Gasteiger partial charge in [-0.1, -0.05) is 24.3 Å². The minimum absolute atomic E-state index is 0.825. The lowest BCUT2D eigenvalue weighted by Crippen LogP contribution is -2.30. The SMILES string of the molecule is Nc1ccc(N2CCc3ccccc3C2)cc1. The molecule has 2 nitrogen and oxygen atoms in total. The number of rotatable bonds is 1. The molecule has 0 bridgehead atoms. The highest BCUT2D eigenvalue weighted by Gasteiger charge is 2.15. The van der Waals surface area contributed by atoms with Crippen molar-refractivity contribution in [2.45, 2.75) is 13.0 Å². The normalized spacial score (nSPS) is 14.5. The third-order valence-electron chi connectivity index (χ3n) is 3.39. The maximum Gasteiger partial charge on any atom is 0.0432 e. The number of anilines is 2. The van der Waals surface area contributed by atoms with E-state index in [1.807, 2.05) is 12.1 Å². The quantitative estimate of drug-likeness (QED) is 0.755. The van der Waals surface area contributed by atoms with Gasteiger partial charge >= 0.3 is 0 Å². The van der Waals surface area contributed by atoms with E-state index in [1.165, 1.54) is 16.8 Å². The molecule has 17 heavy (non-hydrogen) atoms. The number of fused-ring (bicyclic) bond motifs is 1. The molecule has 0 saturated carbocycles. The molecule has 0 aromatic heterocycles. The number of hydrogen-bond acceptors (Lipinski definition) is 2. The van der Waals surface area contributed by atoms with Gasteiger partial charge in [-0.25, -0.2) is 0 Å². The number of nitrogens with zero attached hydrogens (tertiary/aromatic N) is 1. The standard InChI is InChI=1S/C15H16N2/c16-14-5-7-15(8-6-14)17-10-9-12-3-1-2-4-13(12)11-17/h1-8H,9-11,16H2. The molecule has 0 atom stereocenters. The van der Waals surface area contributed by atoms with E-state index in [-0.39, 0.29) is 0 Å². The first-order valence-electron chi connectivity index (χ1n) is 6.00. The molecule has 0 spiro atoms. The van der Waals surface area contributed by atoms with Crippen LogP contribution < -0.4 is 10.6 Å². The van der Waals surface area contributed by atoms with Gasteiger partial charge in [0.1, 0.15) is 0 Å². The van der Waals surface area contributed by atoms with Crippen LogP contribution in [0.25, 0.3) is 0 Å². The molecule has 2 N–H and O–H groups in total. The molecular weight excluding hydrogens is 208 g/mol. The van der Waals surface area contributed by atoms with Crippen molar-refractivity contribution in [3.8, 4) is 0 Å². The summed E-state index contributed by atoms with van der Waals surface area (Å²) in [6.07, 6.45) is 1.13. The van der Waals surface area contributed by atoms with Crippen molar-refractivity contribution in [2.24, 2.45) is 0 Å². The fraction of sp³-hybridized carbons (Fsp3) is 0.200. The van der Waals surface area contributed by atoms with E-state index >= 15 is 0 Å². The van der Waals surface area contributed by atoms with Crippen molar-refractivity contribution < 1.29 is 0 Å². The summed E-state index contributed by atoms with van der Waals surface area (Å²) >= 11 is 0. The molecule has 0 radical (unpaired) electrons. The van der Waals surface area contributed by atoms with Gasteiger partial charge in [0.25, 0.3) is 0 Å². The van der Waals surface area contributed by atoms with Crippen molar-refractivity contribution in [1.82, 2.24) is 0 Å². The van der Waals surface area contributed by atoms with Crippen LogP contribution in [0.4, 0.5) is 11.4 Å². The summed E-state index contributed by atoms with van der Waals surface area (Å²) in [6, 6.07) is 16.8. The molecule has 1 aliphatic rings. The Morgan fingerprint density at radius 2 is 1.59 bits per heavy atom. The van der Waals surface area contributed by atoms with E-state index in [2.05, 4.69) is 41.3 Å². The lowest BCUT2D eigenvalue weighted by molar-refractivity contribution is 0.732. The Labute approximate surface area is 102 Å². The molecule has 0 unspecified atom stereocenters. The first kappa shape index (κ1) is 10.2. The van der Waals surface area contributed by atoms with Crippen molar-refractivity contribution >= 4 is 11.4 Å². The number of nitrogens with two attached hydrogens (primary N) is 1. The maximum atomic E-state index is 5.71. The fourth-order valence-electron chi connectivity index (χ4n) is 2.40. The van der Waals surface area contributed by atoms with Crippen LogP contribution in [0.3, 0.4) is 0 Å². The average Bonchev–Trinajstić information content (AvgIpc) is 2.39. The van der Waals surface area contributed by atoms with Crippen LogP contribution in [0, 0.1) is 0 Å². The van der Waals surface area contributed by atoms with Crippen LogP contribution in [0.1, 0.15) is 11.1 Å². The second kappa shape index (κ2) is 4.13. The smallest absolute Gasteiger partial charge is 0.0432 e. The Kier molecular flexibility index (Phi) is 2.48. The van der Waals surface area contributed by atoms with Crippen LogP contribution >= 0.6 is 0 Å². The van der Waals surface area contributed by atoms with Gasteiger partial charge < -0.3 is 10.6 Å². The Morgan fingerprint density at radius 1 is 0.882 bits per heavy atom. The van der Waals surface area contributed by atoms with E-state index in [1.54, 1.807) is 0 Å². The monoisotopic (exact) mass is 224 g/mol. The zero-order valence-electron chi connectivity index (χ0n) is 9.76. The topological polar surface area (TPSA) is 29.3 Å². The van der Waals surface area contributed by atoms with Gasteiger partial charge in [-0.05, 0) is 41.8 Å². The molecule has 1 aliphatic heterocycles. The molecule has 0 aliphatic carbocycles. The highest BCUT2D eigenvalue weighted by molar-refractivity contribution is 5.54. The molecular formula is C15H16N2. The van der Waals surface area contributed by atoms with Gasteiger partial charge in [0, 0.05) is 24.5 Å². The highest BCUT2D eigenvalue weighted by Crippen LogP contribution is 2.24. The maximum absolute atomic E-state index is 5.71. The molecule has 86 valence electrons. The van der Waals surface area contributed by atoms with E-state index in [0.717, 1.165) is 25.2 Å². The van der Waals surface area contributed by atoms with E-state index in [0.29, 0.717) is 0 Å². The van der Waals surface area contributed by atoms with Crippen LogP contribution in [-0.2, 0) is 13.0 Å². The summed E-state index contributed by atoms with van der Waals surface area (Å²) in [5.41, 5.74) is 10.7. The summed E-state index contributed by atoms with van der Waals surface area (Å²) in [7, 11) is 0. The summed E-state index contributed by atoms with van der Waals surface area (Å²) in [6.45, 7) is 2.08. The second-order valence-electron chi connectivity index (χ2n) is 4.53. The zero-order valence-corrected chi connectivity index (χ0v) is 9.76. The first-order valence-corrected chi connectivity index (χ1v) is 6.00. The Bertz CT molecular complexity index is 517. The summed E-state index contributed by atoms with van der Waals surface area (Å²) < 4.78 is 0. The molecule has 0 amide bonds. The molecule has 0 fully saturated rings. The van der Waals surface area contributed by atoms with Crippen LogP contribution in [0.5, 0.6) is 0 Å². The second-order valence-corrected chi connectivity index (χ2v) is 4.53. The molecule has 2 aromatic carbocycles. The van der Waals surface area contributed by atoms with Crippen molar-refractivity contribution in [1.29, 1.82) is 0 Å². The lowest BCUT2D eigenvalue weighted by atomic mass is 9.99. The van der Waals surface area contributed by atoms with E-state index < -0.39 is 0 Å². The molecule has 1 heterocycles. The zero-order chi connectivity index (χ0) is 11.7. The summed E-state index contributed by atoms with van der Waals surface area (Å²) in [5.74, 6) is 0. The van der Waals surface area contributed by atoms with Crippen molar-refractivity contribution in [2.75, 3.05) is 17.2 Å². The van der Waals surface area contributed by atoms with Gasteiger partial charge in [-0.15, -0.1) is 0 Å². The first-order chi connectivity index (χ1) is 8.33. The van der Waals surface area contributed by atoms with Crippen molar-refractivity contribution in [3.05, 3.63) is 59.7 Å². The molecule has 3 rings (SSSR count). The third kappa shape index (κ3) is 1.98. The summed E-state index contributed by atoms with van der Waals surface area (Å²) in [4.78, 5) is 2.40. The largest absolute Gasteiger partial charge is 0.399 e. The fourth-order valence-corrected chi connectivity index (χ4v) is 2.40. The third-order valence-corrected chi connectivity index (χ3v) is 3.39. The van der Waals surface area contributed by atoms with Gasteiger partial charge in [-0.3, -0.25) is 0 Å². The van der Waals surface area contributed by atoms with Gasteiger partial charge in [0.2, 0.25) is 0 Å². The van der Waals surface area contributed by atoms with Gasteiger partial charge in [0.15, 0.2) is 0 Å². The van der Waals surface area contributed by atoms with Crippen LogP contribution in [0.2, 0.25) is 0 Å². The average molecular weight is 224 g/mol. The van der Waals surface area contributed by atoms with Crippen LogP contribution in [0.15, 0.2) is 48.5 Å². The van der Waals surface area contributed by atoms with Crippen LogP contribution in [-0.4, -0.2) is 6.54 Å². The van der Waals surface area contributed by atoms with Gasteiger partial charge in [-0.2, -0.15) is 0 Å².